The molecule has 1 N–H and O–H groups in total. The Morgan fingerprint density at radius 1 is 1.38 bits per heavy atom. The first-order chi connectivity index (χ1) is 10.1. The number of aryl methyl sites for hydroxylation is 1. The monoisotopic (exact) mass is 291 g/mol. The number of hydrogen-bond acceptors (Lipinski definition) is 2. The van der Waals surface area contributed by atoms with Gasteiger partial charge in [-0.1, -0.05) is 29.8 Å². The molecule has 1 aromatic heterocycles. The third-order valence-corrected chi connectivity index (χ3v) is 3.74. The Morgan fingerprint density at radius 3 is 2.86 bits per heavy atom. The van der Waals surface area contributed by atoms with E-state index in [1.165, 1.54) is 4.68 Å². The number of nitrogens with zero attached hydrogens (tertiary/aromatic N) is 2. The molecule has 0 atom stereocenters. The normalized spacial score (nSPS) is 14.9. The van der Waals surface area contributed by atoms with Crippen LogP contribution in [0.4, 0.5) is 8.78 Å². The molecule has 0 aliphatic heterocycles. The summed E-state index contributed by atoms with van der Waals surface area (Å²) in [5.41, 5.74) is 2.74. The van der Waals surface area contributed by atoms with Gasteiger partial charge in [0.05, 0.1) is 12.7 Å². The van der Waals surface area contributed by atoms with Crippen molar-refractivity contribution in [2.45, 2.75) is 45.3 Å². The lowest BCUT2D eigenvalue weighted by molar-refractivity contribution is 0.138. The molecular formula is C16H19F2N3. The van der Waals surface area contributed by atoms with E-state index in [2.05, 4.69) is 10.4 Å². The zero-order chi connectivity index (χ0) is 14.8. The van der Waals surface area contributed by atoms with E-state index in [0.29, 0.717) is 24.7 Å². The van der Waals surface area contributed by atoms with E-state index in [4.69, 9.17) is 0 Å². The van der Waals surface area contributed by atoms with E-state index >= 15 is 0 Å². The number of aromatic nitrogens is 2. The van der Waals surface area contributed by atoms with Crippen LogP contribution in [0.15, 0.2) is 30.5 Å². The summed E-state index contributed by atoms with van der Waals surface area (Å²) in [5.74, 6) is 0. The molecule has 112 valence electrons. The Hall–Kier alpha value is -1.75. The molecule has 3 nitrogen and oxygen atoms in total. The van der Waals surface area contributed by atoms with Crippen LogP contribution in [0, 0.1) is 6.92 Å². The van der Waals surface area contributed by atoms with Crippen LogP contribution in [-0.4, -0.2) is 15.8 Å². The maximum absolute atomic E-state index is 13.4. The number of rotatable bonds is 6. The third-order valence-electron chi connectivity index (χ3n) is 3.74. The van der Waals surface area contributed by atoms with Crippen LogP contribution in [0.25, 0.3) is 0 Å². The van der Waals surface area contributed by atoms with Crippen molar-refractivity contribution in [1.29, 1.82) is 0 Å². The first-order valence-electron chi connectivity index (χ1n) is 7.25. The molecule has 0 spiro atoms. The van der Waals surface area contributed by atoms with Gasteiger partial charge in [0.25, 0.3) is 6.43 Å². The molecule has 1 saturated carbocycles. The predicted molar refractivity (Wildman–Crippen MR) is 77.3 cm³/mol. The van der Waals surface area contributed by atoms with Gasteiger partial charge in [0.2, 0.25) is 0 Å². The van der Waals surface area contributed by atoms with Gasteiger partial charge in [0, 0.05) is 18.2 Å². The van der Waals surface area contributed by atoms with Crippen LogP contribution in [0.2, 0.25) is 0 Å². The molecule has 1 heterocycles. The van der Waals surface area contributed by atoms with Gasteiger partial charge in [-0.15, -0.1) is 0 Å². The molecule has 1 aliphatic rings. The van der Waals surface area contributed by atoms with Gasteiger partial charge in [0.1, 0.15) is 5.69 Å². The molecule has 0 saturated heterocycles. The molecule has 1 fully saturated rings. The summed E-state index contributed by atoms with van der Waals surface area (Å²) in [6.07, 6.45) is 1.34. The van der Waals surface area contributed by atoms with E-state index in [0.717, 1.165) is 24.0 Å². The summed E-state index contributed by atoms with van der Waals surface area (Å²) in [6.45, 7) is 2.84. The van der Waals surface area contributed by atoms with Crippen LogP contribution >= 0.6 is 0 Å². The summed E-state index contributed by atoms with van der Waals surface area (Å²) in [7, 11) is 0. The standard InChI is InChI=1S/C16H19F2N3/c1-11-3-2-4-12(7-11)10-21-15(16(17)18)13(9-20-21)8-19-14-5-6-14/h2-4,7,9,14,16,19H,5-6,8,10H2,1H3. The number of nitrogens with one attached hydrogen (secondary N) is 1. The van der Waals surface area contributed by atoms with Crippen molar-refractivity contribution in [3.05, 3.63) is 52.8 Å². The van der Waals surface area contributed by atoms with E-state index in [9.17, 15) is 8.78 Å². The van der Waals surface area contributed by atoms with Gasteiger partial charge < -0.3 is 5.32 Å². The molecule has 3 rings (SSSR count). The number of alkyl halides is 2. The molecule has 5 heteroatoms. The highest BCUT2D eigenvalue weighted by molar-refractivity contribution is 5.25. The fourth-order valence-electron chi connectivity index (χ4n) is 2.47. The van der Waals surface area contributed by atoms with Crippen molar-refractivity contribution in [2.75, 3.05) is 0 Å². The van der Waals surface area contributed by atoms with E-state index < -0.39 is 6.43 Å². The average molecular weight is 291 g/mol. The first kappa shape index (κ1) is 14.2. The van der Waals surface area contributed by atoms with Crippen molar-refractivity contribution in [3.63, 3.8) is 0 Å². The minimum absolute atomic E-state index is 0.0321. The highest BCUT2D eigenvalue weighted by Gasteiger charge is 2.24. The second-order valence-corrected chi connectivity index (χ2v) is 5.66. The van der Waals surface area contributed by atoms with Crippen LogP contribution in [0.1, 0.15) is 41.7 Å². The highest BCUT2D eigenvalue weighted by atomic mass is 19.3. The van der Waals surface area contributed by atoms with E-state index in [1.807, 2.05) is 31.2 Å². The SMILES string of the molecule is Cc1cccc(Cn2ncc(CNC3CC3)c2C(F)F)c1. The van der Waals surface area contributed by atoms with Gasteiger partial charge in [-0.05, 0) is 25.3 Å². The largest absolute Gasteiger partial charge is 0.310 e. The molecule has 1 aliphatic carbocycles. The number of halogens is 2. The Labute approximate surface area is 123 Å². The average Bonchev–Trinajstić information content (AvgIpc) is 3.17. The molecular weight excluding hydrogens is 272 g/mol. The van der Waals surface area contributed by atoms with Gasteiger partial charge in [-0.2, -0.15) is 5.10 Å². The minimum atomic E-state index is -2.51. The highest BCUT2D eigenvalue weighted by Crippen LogP contribution is 2.25. The lowest BCUT2D eigenvalue weighted by atomic mass is 10.1. The molecule has 21 heavy (non-hydrogen) atoms. The van der Waals surface area contributed by atoms with Crippen molar-refractivity contribution < 1.29 is 8.78 Å². The fourth-order valence-corrected chi connectivity index (χ4v) is 2.47. The van der Waals surface area contributed by atoms with Crippen LogP contribution < -0.4 is 5.32 Å². The minimum Gasteiger partial charge on any atom is -0.310 e. The van der Waals surface area contributed by atoms with Crippen LogP contribution in [0.3, 0.4) is 0 Å². The topological polar surface area (TPSA) is 29.9 Å². The molecule has 0 unspecified atom stereocenters. The Bertz CT molecular complexity index is 618. The second-order valence-electron chi connectivity index (χ2n) is 5.66. The Balaban J connectivity index is 1.80. The van der Waals surface area contributed by atoms with E-state index in [1.54, 1.807) is 6.20 Å². The Morgan fingerprint density at radius 2 is 2.19 bits per heavy atom. The second kappa shape index (κ2) is 5.93. The summed E-state index contributed by atoms with van der Waals surface area (Å²) in [6, 6.07) is 8.36. The maximum Gasteiger partial charge on any atom is 0.280 e. The van der Waals surface area contributed by atoms with Crippen LogP contribution in [-0.2, 0) is 13.1 Å². The lowest BCUT2D eigenvalue weighted by Gasteiger charge is -2.10. The lowest BCUT2D eigenvalue weighted by Crippen LogP contribution is -2.17. The molecule has 2 aromatic rings. The van der Waals surface area contributed by atoms with E-state index in [-0.39, 0.29) is 5.69 Å². The molecule has 0 amide bonds. The summed E-state index contributed by atoms with van der Waals surface area (Å²) < 4.78 is 28.1. The molecule has 0 bridgehead atoms. The van der Waals surface area contributed by atoms with Gasteiger partial charge >= 0.3 is 0 Å². The predicted octanol–water partition coefficient (Wildman–Crippen LogP) is 3.43. The van der Waals surface area contributed by atoms with Gasteiger partial charge in [-0.3, -0.25) is 4.68 Å². The maximum atomic E-state index is 13.4. The van der Waals surface area contributed by atoms with Crippen molar-refractivity contribution >= 4 is 0 Å². The fraction of sp³-hybridized carbons (Fsp3) is 0.438. The smallest absolute Gasteiger partial charge is 0.280 e. The number of benzene rings is 1. The molecule has 0 radical (unpaired) electrons. The van der Waals surface area contributed by atoms with Gasteiger partial charge in [0.15, 0.2) is 0 Å². The summed E-state index contributed by atoms with van der Waals surface area (Å²) >= 11 is 0. The third kappa shape index (κ3) is 3.47. The summed E-state index contributed by atoms with van der Waals surface area (Å²) in [4.78, 5) is 0. The van der Waals surface area contributed by atoms with Crippen molar-refractivity contribution in [1.82, 2.24) is 15.1 Å². The van der Waals surface area contributed by atoms with Crippen molar-refractivity contribution in [2.24, 2.45) is 0 Å². The Kier molecular flexibility index (Phi) is 4.01. The zero-order valence-electron chi connectivity index (χ0n) is 12.0. The molecule has 1 aromatic carbocycles. The zero-order valence-corrected chi connectivity index (χ0v) is 12.0. The first-order valence-corrected chi connectivity index (χ1v) is 7.25. The quantitative estimate of drug-likeness (QED) is 0.883. The number of hydrogen-bond donors (Lipinski definition) is 1. The summed E-state index contributed by atoms with van der Waals surface area (Å²) in [5, 5.41) is 7.43. The van der Waals surface area contributed by atoms with Crippen LogP contribution in [0.5, 0.6) is 0 Å². The van der Waals surface area contributed by atoms with Crippen molar-refractivity contribution in [3.8, 4) is 0 Å². The van der Waals surface area contributed by atoms with Gasteiger partial charge in [-0.25, -0.2) is 8.78 Å².